The first-order valence-electron chi connectivity index (χ1n) is 9.74. The van der Waals surface area contributed by atoms with E-state index in [-0.39, 0.29) is 18.4 Å². The van der Waals surface area contributed by atoms with E-state index in [1.807, 2.05) is 24.3 Å². The normalized spacial score (nSPS) is 14.4. The number of nitrogens with one attached hydrogen (secondary N) is 1. The maximum Gasteiger partial charge on any atom is 0.254 e. The number of piperidine rings is 1. The maximum absolute atomic E-state index is 12.7. The number of hydrogen-bond acceptors (Lipinski definition) is 3. The lowest BCUT2D eigenvalue weighted by molar-refractivity contribution is -0.116. The predicted octanol–water partition coefficient (Wildman–Crippen LogP) is 4.69. The Morgan fingerprint density at radius 3 is 2.24 bits per heavy atom. The van der Waals surface area contributed by atoms with Crippen molar-refractivity contribution in [2.75, 3.05) is 32.0 Å². The first-order chi connectivity index (χ1) is 13.9. The standard InChI is InChI=1S/C22H25Cl2N3O2/c1-26(15-20(28)25-21-18(23)6-5-7-19(21)24)22(29)17-10-8-16(9-11-17)14-27-12-3-2-4-13-27/h5-11H,2-4,12-15H2,1H3,(H,25,28). The number of anilines is 1. The molecule has 2 amide bonds. The molecule has 0 spiro atoms. The SMILES string of the molecule is CN(CC(=O)Nc1c(Cl)cccc1Cl)C(=O)c1ccc(CN2CCCCC2)cc1. The molecule has 1 N–H and O–H groups in total. The summed E-state index contributed by atoms with van der Waals surface area (Å²) >= 11 is 12.1. The van der Waals surface area contributed by atoms with Crippen molar-refractivity contribution in [2.45, 2.75) is 25.8 Å². The van der Waals surface area contributed by atoms with Gasteiger partial charge < -0.3 is 10.2 Å². The second-order valence-corrected chi connectivity index (χ2v) is 8.15. The third-order valence-corrected chi connectivity index (χ3v) is 5.64. The number of nitrogens with zero attached hydrogens (tertiary/aromatic N) is 2. The molecule has 29 heavy (non-hydrogen) atoms. The van der Waals surface area contributed by atoms with Gasteiger partial charge in [0.1, 0.15) is 0 Å². The van der Waals surface area contributed by atoms with E-state index in [0.717, 1.165) is 19.6 Å². The molecular weight excluding hydrogens is 409 g/mol. The highest BCUT2D eigenvalue weighted by Crippen LogP contribution is 2.29. The van der Waals surface area contributed by atoms with Crippen molar-refractivity contribution in [1.29, 1.82) is 0 Å². The fraction of sp³-hybridized carbons (Fsp3) is 0.364. The average Bonchev–Trinajstić information content (AvgIpc) is 2.71. The van der Waals surface area contributed by atoms with Crippen LogP contribution in [0.25, 0.3) is 0 Å². The summed E-state index contributed by atoms with van der Waals surface area (Å²) in [4.78, 5) is 28.8. The third kappa shape index (κ3) is 5.95. The zero-order chi connectivity index (χ0) is 20.8. The number of halogens is 2. The van der Waals surface area contributed by atoms with Gasteiger partial charge in [-0.3, -0.25) is 14.5 Å². The van der Waals surface area contributed by atoms with Crippen molar-refractivity contribution in [3.8, 4) is 0 Å². The van der Waals surface area contributed by atoms with Gasteiger partial charge in [0.15, 0.2) is 0 Å². The topological polar surface area (TPSA) is 52.7 Å². The van der Waals surface area contributed by atoms with Gasteiger partial charge >= 0.3 is 0 Å². The van der Waals surface area contributed by atoms with Gasteiger partial charge in [0, 0.05) is 19.2 Å². The van der Waals surface area contributed by atoms with Crippen LogP contribution >= 0.6 is 23.2 Å². The number of rotatable bonds is 6. The van der Waals surface area contributed by atoms with E-state index in [9.17, 15) is 9.59 Å². The molecule has 0 bridgehead atoms. The molecule has 1 fully saturated rings. The Morgan fingerprint density at radius 1 is 1.00 bits per heavy atom. The first kappa shape index (κ1) is 21.6. The van der Waals surface area contributed by atoms with Crippen LogP contribution in [0.3, 0.4) is 0 Å². The van der Waals surface area contributed by atoms with E-state index in [4.69, 9.17) is 23.2 Å². The fourth-order valence-corrected chi connectivity index (χ4v) is 3.92. The Labute approximate surface area is 181 Å². The predicted molar refractivity (Wildman–Crippen MR) is 118 cm³/mol. The number of para-hydroxylation sites is 1. The summed E-state index contributed by atoms with van der Waals surface area (Å²) < 4.78 is 0. The Kier molecular flexibility index (Phi) is 7.53. The highest BCUT2D eigenvalue weighted by atomic mass is 35.5. The van der Waals surface area contributed by atoms with Gasteiger partial charge in [-0.05, 0) is 55.8 Å². The molecule has 1 heterocycles. The molecule has 5 nitrogen and oxygen atoms in total. The summed E-state index contributed by atoms with van der Waals surface area (Å²) in [7, 11) is 1.60. The highest BCUT2D eigenvalue weighted by molar-refractivity contribution is 6.39. The number of likely N-dealkylation sites (N-methyl/N-ethyl adjacent to an activating group) is 1. The Morgan fingerprint density at radius 2 is 1.62 bits per heavy atom. The summed E-state index contributed by atoms with van der Waals surface area (Å²) in [6, 6.07) is 12.6. The van der Waals surface area contributed by atoms with Crippen LogP contribution in [0.1, 0.15) is 35.2 Å². The third-order valence-electron chi connectivity index (χ3n) is 5.01. The van der Waals surface area contributed by atoms with Crippen LogP contribution in [0.2, 0.25) is 10.0 Å². The lowest BCUT2D eigenvalue weighted by atomic mass is 10.1. The van der Waals surface area contributed by atoms with E-state index in [1.54, 1.807) is 25.2 Å². The van der Waals surface area contributed by atoms with Gasteiger partial charge in [0.25, 0.3) is 5.91 Å². The van der Waals surface area contributed by atoms with Crippen LogP contribution in [-0.2, 0) is 11.3 Å². The van der Waals surface area contributed by atoms with Crippen LogP contribution in [0.5, 0.6) is 0 Å². The smallest absolute Gasteiger partial charge is 0.254 e. The molecule has 0 atom stereocenters. The minimum atomic E-state index is -0.363. The van der Waals surface area contributed by atoms with E-state index < -0.39 is 0 Å². The Balaban J connectivity index is 1.55. The van der Waals surface area contributed by atoms with Gasteiger partial charge in [-0.2, -0.15) is 0 Å². The number of hydrogen-bond donors (Lipinski definition) is 1. The molecule has 0 aromatic heterocycles. The van der Waals surface area contributed by atoms with Crippen molar-refractivity contribution >= 4 is 40.7 Å². The summed E-state index contributed by atoms with van der Waals surface area (Å²) in [6.45, 7) is 3.07. The molecule has 7 heteroatoms. The maximum atomic E-state index is 12.7. The highest BCUT2D eigenvalue weighted by Gasteiger charge is 2.17. The summed E-state index contributed by atoms with van der Waals surface area (Å²) in [5.41, 5.74) is 2.10. The quantitative estimate of drug-likeness (QED) is 0.718. The molecule has 1 aliphatic rings. The minimum absolute atomic E-state index is 0.101. The monoisotopic (exact) mass is 433 g/mol. The summed E-state index contributed by atoms with van der Waals surface area (Å²) in [6.07, 6.45) is 3.82. The zero-order valence-electron chi connectivity index (χ0n) is 16.5. The van der Waals surface area contributed by atoms with Crippen molar-refractivity contribution in [3.05, 3.63) is 63.6 Å². The van der Waals surface area contributed by atoms with Crippen LogP contribution in [0.15, 0.2) is 42.5 Å². The van der Waals surface area contributed by atoms with Gasteiger partial charge in [0.2, 0.25) is 5.91 Å². The van der Waals surface area contributed by atoms with Crippen LogP contribution < -0.4 is 5.32 Å². The van der Waals surface area contributed by atoms with Crippen molar-refractivity contribution < 1.29 is 9.59 Å². The molecule has 154 valence electrons. The van der Waals surface area contributed by atoms with E-state index in [0.29, 0.717) is 21.3 Å². The van der Waals surface area contributed by atoms with Crippen molar-refractivity contribution in [1.82, 2.24) is 9.80 Å². The number of amides is 2. The number of benzene rings is 2. The van der Waals surface area contributed by atoms with Gasteiger partial charge in [-0.25, -0.2) is 0 Å². The molecule has 2 aromatic carbocycles. The average molecular weight is 434 g/mol. The molecule has 1 aliphatic heterocycles. The lowest BCUT2D eigenvalue weighted by Crippen LogP contribution is -2.35. The minimum Gasteiger partial charge on any atom is -0.332 e. The summed E-state index contributed by atoms with van der Waals surface area (Å²) in [5.74, 6) is -0.576. The molecule has 3 rings (SSSR count). The molecule has 0 aliphatic carbocycles. The van der Waals surface area contributed by atoms with Crippen molar-refractivity contribution in [3.63, 3.8) is 0 Å². The molecule has 0 radical (unpaired) electrons. The van der Waals surface area contributed by atoms with Gasteiger partial charge in [-0.15, -0.1) is 0 Å². The Hall–Kier alpha value is -2.08. The van der Waals surface area contributed by atoms with Gasteiger partial charge in [0.05, 0.1) is 22.3 Å². The van der Waals surface area contributed by atoms with Crippen LogP contribution in [0.4, 0.5) is 5.69 Å². The number of likely N-dealkylation sites (tertiary alicyclic amines) is 1. The van der Waals surface area contributed by atoms with Crippen LogP contribution in [-0.4, -0.2) is 48.3 Å². The van der Waals surface area contributed by atoms with Crippen LogP contribution in [0, 0.1) is 0 Å². The fourth-order valence-electron chi connectivity index (χ4n) is 3.43. The molecule has 1 saturated heterocycles. The lowest BCUT2D eigenvalue weighted by Gasteiger charge is -2.26. The molecular formula is C22H25Cl2N3O2. The summed E-state index contributed by atoms with van der Waals surface area (Å²) in [5, 5.41) is 3.37. The molecule has 0 unspecified atom stereocenters. The van der Waals surface area contributed by atoms with E-state index in [2.05, 4.69) is 10.2 Å². The first-order valence-corrected chi connectivity index (χ1v) is 10.5. The largest absolute Gasteiger partial charge is 0.332 e. The number of carbonyl (C=O) groups excluding carboxylic acids is 2. The molecule has 2 aromatic rings. The second kappa shape index (κ2) is 10.1. The zero-order valence-corrected chi connectivity index (χ0v) is 18.0. The Bertz CT molecular complexity index is 845. The molecule has 0 saturated carbocycles. The number of carbonyl (C=O) groups is 2. The van der Waals surface area contributed by atoms with E-state index in [1.165, 1.54) is 29.7 Å². The second-order valence-electron chi connectivity index (χ2n) is 7.34. The van der Waals surface area contributed by atoms with Crippen molar-refractivity contribution in [2.24, 2.45) is 0 Å². The van der Waals surface area contributed by atoms with E-state index >= 15 is 0 Å². The van der Waals surface area contributed by atoms with Gasteiger partial charge in [-0.1, -0.05) is 47.8 Å².